The fourth-order valence-electron chi connectivity index (χ4n) is 2.27. The van der Waals surface area contributed by atoms with Gasteiger partial charge in [-0.05, 0) is 31.0 Å². The minimum atomic E-state index is -0.853. The lowest BCUT2D eigenvalue weighted by Crippen LogP contribution is -2.35. The molecular weight excluding hydrogens is 261 g/mol. The van der Waals surface area contributed by atoms with Crippen molar-refractivity contribution in [1.82, 2.24) is 4.90 Å². The number of likely N-dealkylation sites (tertiary alicyclic amines) is 1. The SMILES string of the molecule is NC(=O)c1cc(NC(=O)N2CCCCCC2)ccc1F. The first-order valence-electron chi connectivity index (χ1n) is 6.73. The fourth-order valence-corrected chi connectivity index (χ4v) is 2.27. The van der Waals surface area contributed by atoms with Crippen LogP contribution in [0.25, 0.3) is 0 Å². The summed E-state index contributed by atoms with van der Waals surface area (Å²) in [5, 5.41) is 2.67. The molecule has 0 bridgehead atoms. The van der Waals surface area contributed by atoms with Crippen LogP contribution in [0.15, 0.2) is 18.2 Å². The van der Waals surface area contributed by atoms with Gasteiger partial charge in [-0.3, -0.25) is 4.79 Å². The minimum Gasteiger partial charge on any atom is -0.366 e. The Hall–Kier alpha value is -2.11. The summed E-state index contributed by atoms with van der Waals surface area (Å²) >= 11 is 0. The molecule has 1 aliphatic rings. The number of hydrogen-bond acceptors (Lipinski definition) is 2. The van der Waals surface area contributed by atoms with Crippen molar-refractivity contribution in [2.24, 2.45) is 5.73 Å². The lowest BCUT2D eigenvalue weighted by molar-refractivity contribution is 0.0996. The third kappa shape index (κ3) is 3.46. The molecule has 1 aromatic carbocycles. The van der Waals surface area contributed by atoms with Gasteiger partial charge in [0.2, 0.25) is 0 Å². The molecule has 108 valence electrons. The molecule has 0 aliphatic carbocycles. The van der Waals surface area contributed by atoms with E-state index in [1.165, 1.54) is 12.1 Å². The van der Waals surface area contributed by atoms with Crippen LogP contribution in [-0.4, -0.2) is 29.9 Å². The van der Waals surface area contributed by atoms with Crippen molar-refractivity contribution in [1.29, 1.82) is 0 Å². The van der Waals surface area contributed by atoms with Gasteiger partial charge in [-0.15, -0.1) is 0 Å². The van der Waals surface area contributed by atoms with Crippen molar-refractivity contribution >= 4 is 17.6 Å². The first kappa shape index (κ1) is 14.3. The number of rotatable bonds is 2. The summed E-state index contributed by atoms with van der Waals surface area (Å²) in [6.07, 6.45) is 4.24. The third-order valence-electron chi connectivity index (χ3n) is 3.38. The predicted molar refractivity (Wildman–Crippen MR) is 74.0 cm³/mol. The van der Waals surface area contributed by atoms with E-state index in [2.05, 4.69) is 5.32 Å². The maximum Gasteiger partial charge on any atom is 0.321 e. The maximum atomic E-state index is 13.3. The first-order chi connectivity index (χ1) is 9.58. The summed E-state index contributed by atoms with van der Waals surface area (Å²) in [7, 11) is 0. The molecule has 2 rings (SSSR count). The molecule has 0 radical (unpaired) electrons. The van der Waals surface area contributed by atoms with E-state index in [0.717, 1.165) is 44.8 Å². The molecule has 1 aromatic rings. The molecule has 0 atom stereocenters. The summed E-state index contributed by atoms with van der Waals surface area (Å²) in [5.41, 5.74) is 5.22. The van der Waals surface area contributed by atoms with Crippen LogP contribution in [0.2, 0.25) is 0 Å². The zero-order valence-corrected chi connectivity index (χ0v) is 11.2. The van der Waals surface area contributed by atoms with Crippen LogP contribution in [0.1, 0.15) is 36.0 Å². The highest BCUT2D eigenvalue weighted by atomic mass is 19.1. The monoisotopic (exact) mass is 279 g/mol. The number of nitrogens with zero attached hydrogens (tertiary/aromatic N) is 1. The van der Waals surface area contributed by atoms with Crippen LogP contribution in [0.4, 0.5) is 14.9 Å². The number of hydrogen-bond donors (Lipinski definition) is 2. The summed E-state index contributed by atoms with van der Waals surface area (Å²) in [6, 6.07) is 3.57. The molecule has 3 N–H and O–H groups in total. The molecule has 0 spiro atoms. The second-order valence-electron chi connectivity index (χ2n) is 4.89. The van der Waals surface area contributed by atoms with Crippen molar-refractivity contribution in [3.8, 4) is 0 Å². The zero-order valence-electron chi connectivity index (χ0n) is 11.2. The molecule has 0 unspecified atom stereocenters. The van der Waals surface area contributed by atoms with Crippen LogP contribution in [0, 0.1) is 5.82 Å². The van der Waals surface area contributed by atoms with E-state index >= 15 is 0 Å². The van der Waals surface area contributed by atoms with E-state index < -0.39 is 11.7 Å². The van der Waals surface area contributed by atoms with Crippen LogP contribution < -0.4 is 11.1 Å². The van der Waals surface area contributed by atoms with Crippen LogP contribution in [0.3, 0.4) is 0 Å². The quantitative estimate of drug-likeness (QED) is 0.871. The molecule has 1 fully saturated rings. The number of amides is 3. The number of nitrogens with one attached hydrogen (secondary N) is 1. The average Bonchev–Trinajstić information content (AvgIpc) is 2.69. The van der Waals surface area contributed by atoms with E-state index in [1.54, 1.807) is 4.90 Å². The molecular formula is C14H18FN3O2. The molecule has 6 heteroatoms. The standard InChI is InChI=1S/C14H18FN3O2/c15-12-6-5-10(9-11(12)13(16)19)17-14(20)18-7-3-1-2-4-8-18/h5-6,9H,1-4,7-8H2,(H2,16,19)(H,17,20). The van der Waals surface area contributed by atoms with E-state index in [9.17, 15) is 14.0 Å². The Balaban J connectivity index is 2.07. The van der Waals surface area contributed by atoms with Gasteiger partial charge in [-0.25, -0.2) is 9.18 Å². The number of urea groups is 1. The van der Waals surface area contributed by atoms with Gasteiger partial charge in [0.1, 0.15) is 5.82 Å². The Bertz CT molecular complexity index is 511. The van der Waals surface area contributed by atoms with Gasteiger partial charge < -0.3 is 16.0 Å². The zero-order chi connectivity index (χ0) is 14.5. The number of carbonyl (C=O) groups excluding carboxylic acids is 2. The molecule has 1 aliphatic heterocycles. The Kier molecular flexibility index (Phi) is 4.55. The topological polar surface area (TPSA) is 75.4 Å². The maximum absolute atomic E-state index is 13.3. The van der Waals surface area contributed by atoms with Crippen molar-refractivity contribution < 1.29 is 14.0 Å². The average molecular weight is 279 g/mol. The van der Waals surface area contributed by atoms with Crippen LogP contribution in [0.5, 0.6) is 0 Å². The summed E-state index contributed by atoms with van der Waals surface area (Å²) < 4.78 is 13.3. The number of primary amides is 1. The third-order valence-corrected chi connectivity index (χ3v) is 3.38. The number of benzene rings is 1. The largest absolute Gasteiger partial charge is 0.366 e. The fraction of sp³-hybridized carbons (Fsp3) is 0.429. The van der Waals surface area contributed by atoms with E-state index in [1.807, 2.05) is 0 Å². The van der Waals surface area contributed by atoms with E-state index in [4.69, 9.17) is 5.73 Å². The van der Waals surface area contributed by atoms with Crippen molar-refractivity contribution in [2.45, 2.75) is 25.7 Å². The highest BCUT2D eigenvalue weighted by Gasteiger charge is 2.16. The van der Waals surface area contributed by atoms with Gasteiger partial charge in [-0.2, -0.15) is 0 Å². The van der Waals surface area contributed by atoms with Crippen molar-refractivity contribution in [3.05, 3.63) is 29.6 Å². The molecule has 5 nitrogen and oxygen atoms in total. The number of halogens is 1. The summed E-state index contributed by atoms with van der Waals surface area (Å²) in [4.78, 5) is 24.9. The van der Waals surface area contributed by atoms with Gasteiger partial charge in [0, 0.05) is 18.8 Å². The van der Waals surface area contributed by atoms with Gasteiger partial charge in [0.15, 0.2) is 0 Å². The highest BCUT2D eigenvalue weighted by Crippen LogP contribution is 2.16. The Morgan fingerprint density at radius 3 is 2.40 bits per heavy atom. The Morgan fingerprint density at radius 1 is 1.15 bits per heavy atom. The number of anilines is 1. The lowest BCUT2D eigenvalue weighted by Gasteiger charge is -2.20. The first-order valence-corrected chi connectivity index (χ1v) is 6.73. The molecule has 0 aromatic heterocycles. The smallest absolute Gasteiger partial charge is 0.321 e. The van der Waals surface area contributed by atoms with Gasteiger partial charge in [0.05, 0.1) is 5.56 Å². The molecule has 1 saturated heterocycles. The second kappa shape index (κ2) is 6.36. The molecule has 1 heterocycles. The minimum absolute atomic E-state index is 0.223. The van der Waals surface area contributed by atoms with E-state index in [0.29, 0.717) is 5.69 Å². The second-order valence-corrected chi connectivity index (χ2v) is 4.89. The number of carbonyl (C=O) groups is 2. The summed E-state index contributed by atoms with van der Waals surface area (Å²) in [5.74, 6) is -1.54. The lowest BCUT2D eigenvalue weighted by atomic mass is 10.2. The van der Waals surface area contributed by atoms with Crippen LogP contribution in [-0.2, 0) is 0 Å². The van der Waals surface area contributed by atoms with E-state index in [-0.39, 0.29) is 11.6 Å². The highest BCUT2D eigenvalue weighted by molar-refractivity contribution is 5.96. The normalized spacial score (nSPS) is 15.6. The van der Waals surface area contributed by atoms with Gasteiger partial charge >= 0.3 is 6.03 Å². The molecule has 3 amide bonds. The molecule has 20 heavy (non-hydrogen) atoms. The number of nitrogens with two attached hydrogens (primary N) is 1. The van der Waals surface area contributed by atoms with Crippen LogP contribution >= 0.6 is 0 Å². The Labute approximate surface area is 116 Å². The predicted octanol–water partition coefficient (Wildman–Crippen LogP) is 2.33. The Morgan fingerprint density at radius 2 is 1.80 bits per heavy atom. The van der Waals surface area contributed by atoms with Crippen molar-refractivity contribution in [2.75, 3.05) is 18.4 Å². The van der Waals surface area contributed by atoms with Gasteiger partial charge in [-0.1, -0.05) is 12.8 Å². The summed E-state index contributed by atoms with van der Waals surface area (Å²) in [6.45, 7) is 1.44. The van der Waals surface area contributed by atoms with Gasteiger partial charge in [0.25, 0.3) is 5.91 Å². The van der Waals surface area contributed by atoms with Crippen molar-refractivity contribution in [3.63, 3.8) is 0 Å². The molecule has 0 saturated carbocycles.